The van der Waals surface area contributed by atoms with Crippen LogP contribution < -0.4 is 15.6 Å². The van der Waals surface area contributed by atoms with E-state index in [-0.39, 0.29) is 29.6 Å². The van der Waals surface area contributed by atoms with E-state index in [0.29, 0.717) is 40.9 Å². The van der Waals surface area contributed by atoms with Gasteiger partial charge in [0.15, 0.2) is 21.5 Å². The highest BCUT2D eigenvalue weighted by atomic mass is 79.9. The smallest absolute Gasteiger partial charge is 0.266 e. The fraction of sp³-hybridized carbons (Fsp3) is 0.278. The van der Waals surface area contributed by atoms with E-state index in [1.807, 2.05) is 42.5 Å². The van der Waals surface area contributed by atoms with Crippen LogP contribution in [-0.4, -0.2) is 56.4 Å². The summed E-state index contributed by atoms with van der Waals surface area (Å²) >= 11 is 3.61. The highest BCUT2D eigenvalue weighted by Crippen LogP contribution is 2.45. The van der Waals surface area contributed by atoms with Crippen LogP contribution in [0.3, 0.4) is 0 Å². The number of aryl methyl sites for hydroxylation is 1. The van der Waals surface area contributed by atoms with Gasteiger partial charge in [-0.25, -0.2) is 18.8 Å². The molecule has 0 fully saturated rings. The van der Waals surface area contributed by atoms with E-state index < -0.39 is 27.4 Å². The van der Waals surface area contributed by atoms with Crippen molar-refractivity contribution in [3.63, 3.8) is 0 Å². The fourth-order valence-electron chi connectivity index (χ4n) is 5.35. The largest absolute Gasteiger partial charge is 0.494 e. The number of sulfone groups is 1. The van der Waals surface area contributed by atoms with Crippen molar-refractivity contribution in [3.8, 4) is 5.75 Å². The Labute approximate surface area is 284 Å². The van der Waals surface area contributed by atoms with E-state index in [1.165, 1.54) is 5.56 Å². The Kier molecular flexibility index (Phi) is 11.8. The second-order valence-electron chi connectivity index (χ2n) is 11.2. The van der Waals surface area contributed by atoms with Gasteiger partial charge in [0, 0.05) is 41.6 Å². The molecule has 9 nitrogen and oxygen atoms in total. The van der Waals surface area contributed by atoms with Crippen LogP contribution in [0, 0.1) is 0 Å². The fourth-order valence-corrected chi connectivity index (χ4v) is 7.23. The highest BCUT2D eigenvalue weighted by molar-refractivity contribution is 9.10. The summed E-state index contributed by atoms with van der Waals surface area (Å²) in [4.78, 5) is 19.4. The van der Waals surface area contributed by atoms with E-state index in [4.69, 9.17) is 19.6 Å². The van der Waals surface area contributed by atoms with Crippen LogP contribution in [0.4, 0.5) is 0 Å². The zero-order chi connectivity index (χ0) is 33.1. The minimum absolute atomic E-state index is 0.0329. The van der Waals surface area contributed by atoms with Gasteiger partial charge in [0.25, 0.3) is 5.91 Å². The molecule has 0 spiro atoms. The molecule has 0 aromatic heterocycles. The van der Waals surface area contributed by atoms with Gasteiger partial charge in [-0.15, -0.1) is 0 Å². The molecule has 0 radical (unpaired) electrons. The number of hydrogen-bond acceptors (Lipinski definition) is 8. The number of hydrogen-bond donors (Lipinski definition) is 3. The number of carbonyl (C=O) groups excluding carboxylic acids is 1. The van der Waals surface area contributed by atoms with Crippen LogP contribution in [0.25, 0.3) is 0 Å². The van der Waals surface area contributed by atoms with Crippen molar-refractivity contribution in [1.29, 1.82) is 0 Å². The average Bonchev–Trinajstić information content (AvgIpc) is 3.49. The van der Waals surface area contributed by atoms with Gasteiger partial charge in [-0.05, 0) is 60.9 Å². The number of aliphatic imine (C=N–C) groups is 1. The van der Waals surface area contributed by atoms with E-state index >= 15 is 0 Å². The first-order chi connectivity index (χ1) is 22.8. The van der Waals surface area contributed by atoms with Gasteiger partial charge in [0.2, 0.25) is 5.90 Å². The van der Waals surface area contributed by atoms with Crippen LogP contribution in [-0.2, 0) is 25.8 Å². The molecular weight excluding hydrogens is 682 g/mol. The maximum atomic E-state index is 14.3. The van der Waals surface area contributed by atoms with Crippen molar-refractivity contribution < 1.29 is 27.8 Å². The molecule has 0 unspecified atom stereocenters. The number of hydrazine groups is 1. The van der Waals surface area contributed by atoms with E-state index in [2.05, 4.69) is 38.9 Å². The number of ether oxygens (including phenoxy) is 2. The van der Waals surface area contributed by atoms with Gasteiger partial charge >= 0.3 is 0 Å². The Morgan fingerprint density at radius 2 is 1.60 bits per heavy atom. The second kappa shape index (κ2) is 16.2. The first-order valence-corrected chi connectivity index (χ1v) is 18.0. The number of aliphatic hydroxyl groups is 1. The van der Waals surface area contributed by atoms with E-state index in [0.717, 1.165) is 12.8 Å². The van der Waals surface area contributed by atoms with Gasteiger partial charge in [0.05, 0.1) is 17.3 Å². The van der Waals surface area contributed by atoms with Crippen LogP contribution in [0.2, 0.25) is 0 Å². The summed E-state index contributed by atoms with van der Waals surface area (Å²) in [6.45, 7) is 0.897. The Balaban J connectivity index is 1.46. The Bertz CT molecular complexity index is 1750. The summed E-state index contributed by atoms with van der Waals surface area (Å²) in [7, 11) is -3.77. The van der Waals surface area contributed by atoms with Crippen molar-refractivity contribution in [2.24, 2.45) is 4.99 Å². The lowest BCUT2D eigenvalue weighted by Crippen LogP contribution is -2.53. The third-order valence-corrected chi connectivity index (χ3v) is 10.3. The van der Waals surface area contributed by atoms with Gasteiger partial charge < -0.3 is 14.6 Å². The normalized spacial score (nSPS) is 17.5. The van der Waals surface area contributed by atoms with Crippen LogP contribution in [0.15, 0.2) is 124 Å². The van der Waals surface area contributed by atoms with Crippen LogP contribution in [0.1, 0.15) is 42.1 Å². The number of nitrogens with one attached hydrogen (secondary N) is 2. The standard InChI is InChI=1S/C36H38BrN3O6S/c37-32-17-8-7-16-31(32)33-36(22-26-47(43,44)30-14-5-2-6-15-30,35(42)40-38-23-9-13-27-11-3-1-4-12-27)39-34(46-33)28-18-20-29(21-19-28)45-25-10-24-41/h1-8,11-12,14-21,33,38,41H,9-10,13,22-26H2,(H,40,42)/t33-,36-/m0/s1. The van der Waals surface area contributed by atoms with Gasteiger partial charge in [-0.1, -0.05) is 82.7 Å². The molecule has 1 aliphatic rings. The number of amides is 1. The maximum absolute atomic E-state index is 14.3. The predicted octanol–water partition coefficient (Wildman–Crippen LogP) is 5.58. The Morgan fingerprint density at radius 1 is 0.915 bits per heavy atom. The van der Waals surface area contributed by atoms with Gasteiger partial charge in [-0.2, -0.15) is 0 Å². The lowest BCUT2D eigenvalue weighted by atomic mass is 9.85. The predicted molar refractivity (Wildman–Crippen MR) is 185 cm³/mol. The Hall–Kier alpha value is -4.03. The Morgan fingerprint density at radius 3 is 2.30 bits per heavy atom. The molecule has 0 bridgehead atoms. The molecule has 1 amide bonds. The number of rotatable bonds is 16. The molecule has 246 valence electrons. The van der Waals surface area contributed by atoms with Crippen LogP contribution >= 0.6 is 15.9 Å². The first-order valence-electron chi connectivity index (χ1n) is 15.5. The zero-order valence-corrected chi connectivity index (χ0v) is 28.3. The average molecular weight is 721 g/mol. The maximum Gasteiger partial charge on any atom is 0.266 e. The van der Waals surface area contributed by atoms with Crippen molar-refractivity contribution in [3.05, 3.63) is 130 Å². The monoisotopic (exact) mass is 719 g/mol. The minimum atomic E-state index is -3.77. The summed E-state index contributed by atoms with van der Waals surface area (Å²) in [6, 6.07) is 32.7. The number of carbonyl (C=O) groups is 1. The SMILES string of the molecule is O=C(NNCCCc1ccccc1)[C@@]1(CCS(=O)(=O)c2ccccc2)N=C(c2ccc(OCCCO)cc2)O[C@H]1c1ccccc1Br. The third-order valence-electron chi connectivity index (χ3n) is 7.88. The molecular formula is C36H38BrN3O6S. The molecule has 1 heterocycles. The highest BCUT2D eigenvalue weighted by Gasteiger charge is 2.54. The number of benzene rings is 4. The summed E-state index contributed by atoms with van der Waals surface area (Å²) in [5, 5.41) is 9.06. The molecule has 0 saturated carbocycles. The molecule has 0 saturated heterocycles. The molecule has 0 aliphatic carbocycles. The number of nitrogens with zero attached hydrogens (tertiary/aromatic N) is 1. The van der Waals surface area contributed by atoms with Crippen molar-refractivity contribution in [2.75, 3.05) is 25.5 Å². The second-order valence-corrected chi connectivity index (χ2v) is 14.1. The lowest BCUT2D eigenvalue weighted by Gasteiger charge is -2.31. The molecule has 2 atom stereocenters. The molecule has 47 heavy (non-hydrogen) atoms. The summed E-state index contributed by atoms with van der Waals surface area (Å²) in [5.41, 5.74) is 6.69. The van der Waals surface area contributed by atoms with Gasteiger partial charge in [-0.3, -0.25) is 10.2 Å². The molecule has 1 aliphatic heterocycles. The van der Waals surface area contributed by atoms with E-state index in [1.54, 1.807) is 54.6 Å². The number of halogens is 1. The van der Waals surface area contributed by atoms with Gasteiger partial charge in [0.1, 0.15) is 5.75 Å². The quantitative estimate of drug-likeness (QED) is 0.102. The first kappa shape index (κ1) is 34.3. The van der Waals surface area contributed by atoms with Crippen molar-refractivity contribution >= 4 is 37.6 Å². The minimum Gasteiger partial charge on any atom is -0.494 e. The molecule has 4 aromatic carbocycles. The molecule has 4 aromatic rings. The van der Waals surface area contributed by atoms with Crippen LogP contribution in [0.5, 0.6) is 5.75 Å². The van der Waals surface area contributed by atoms with E-state index in [9.17, 15) is 13.2 Å². The summed E-state index contributed by atoms with van der Waals surface area (Å²) in [6.07, 6.45) is 1.03. The number of aliphatic hydroxyl groups excluding tert-OH is 1. The molecule has 5 rings (SSSR count). The molecule has 11 heteroatoms. The topological polar surface area (TPSA) is 126 Å². The molecule has 3 N–H and O–H groups in total. The lowest BCUT2D eigenvalue weighted by molar-refractivity contribution is -0.130. The summed E-state index contributed by atoms with van der Waals surface area (Å²) in [5.74, 6) is -0.0121. The van der Waals surface area contributed by atoms with Crippen molar-refractivity contribution in [2.45, 2.75) is 42.2 Å². The zero-order valence-electron chi connectivity index (χ0n) is 25.8. The summed E-state index contributed by atoms with van der Waals surface area (Å²) < 4.78 is 39.9. The third kappa shape index (κ3) is 8.66. The van der Waals surface area contributed by atoms with Crippen molar-refractivity contribution in [1.82, 2.24) is 10.9 Å².